The summed E-state index contributed by atoms with van der Waals surface area (Å²) in [5.74, 6) is -0.747. The van der Waals surface area contributed by atoms with Gasteiger partial charge in [0.15, 0.2) is 0 Å². The maximum absolute atomic E-state index is 12.9. The van der Waals surface area contributed by atoms with Crippen LogP contribution in [-0.4, -0.2) is 28.0 Å². The molecule has 0 saturated carbocycles. The highest BCUT2D eigenvalue weighted by molar-refractivity contribution is 7.92. The predicted molar refractivity (Wildman–Crippen MR) is 94.5 cm³/mol. The van der Waals surface area contributed by atoms with E-state index in [1.54, 1.807) is 0 Å². The second-order valence-corrected chi connectivity index (χ2v) is 7.70. The summed E-state index contributed by atoms with van der Waals surface area (Å²) in [4.78, 5) is 11.6. The minimum absolute atomic E-state index is 0.0145. The first-order chi connectivity index (χ1) is 11.3. The first kappa shape index (κ1) is 18.9. The Labute approximate surface area is 154 Å². The van der Waals surface area contributed by atoms with Crippen LogP contribution in [0.4, 0.5) is 5.69 Å². The van der Waals surface area contributed by atoms with Crippen LogP contribution in [0.1, 0.15) is 0 Å². The molecule has 2 rings (SSSR count). The summed E-state index contributed by atoms with van der Waals surface area (Å²) in [5, 5.41) is 0.560. The zero-order valence-corrected chi connectivity index (χ0v) is 15.5. The summed E-state index contributed by atoms with van der Waals surface area (Å²) < 4.78 is 31.3. The van der Waals surface area contributed by atoms with E-state index in [0.717, 1.165) is 11.4 Å². The smallest absolute Gasteiger partial charge is 0.326 e. The topological polar surface area (TPSA) is 63.7 Å². The van der Waals surface area contributed by atoms with Crippen molar-refractivity contribution in [3.05, 3.63) is 57.5 Å². The molecule has 0 saturated heterocycles. The van der Waals surface area contributed by atoms with Crippen molar-refractivity contribution < 1.29 is 17.9 Å². The highest BCUT2D eigenvalue weighted by Crippen LogP contribution is 2.35. The Morgan fingerprint density at radius 3 is 2.29 bits per heavy atom. The van der Waals surface area contributed by atoms with E-state index >= 15 is 0 Å². The fourth-order valence-electron chi connectivity index (χ4n) is 1.90. The highest BCUT2D eigenvalue weighted by Gasteiger charge is 2.29. The third-order valence-electron chi connectivity index (χ3n) is 3.10. The Morgan fingerprint density at radius 2 is 1.71 bits per heavy atom. The molecule has 24 heavy (non-hydrogen) atoms. The molecule has 9 heteroatoms. The first-order valence-electron chi connectivity index (χ1n) is 6.56. The molecular weight excluding hydrogens is 397 g/mol. The third-order valence-corrected chi connectivity index (χ3v) is 5.94. The number of halogens is 3. The van der Waals surface area contributed by atoms with Gasteiger partial charge in [0, 0.05) is 5.02 Å². The van der Waals surface area contributed by atoms with Crippen molar-refractivity contribution in [3.63, 3.8) is 0 Å². The number of anilines is 1. The van der Waals surface area contributed by atoms with Crippen molar-refractivity contribution in [1.29, 1.82) is 0 Å². The second-order valence-electron chi connectivity index (χ2n) is 4.61. The van der Waals surface area contributed by atoms with Gasteiger partial charge in [-0.2, -0.15) is 0 Å². The number of hydrogen-bond acceptors (Lipinski definition) is 4. The normalized spacial score (nSPS) is 11.2. The summed E-state index contributed by atoms with van der Waals surface area (Å²) >= 11 is 17.9. The minimum atomic E-state index is -4.08. The third kappa shape index (κ3) is 3.95. The molecule has 2 aromatic carbocycles. The zero-order chi connectivity index (χ0) is 17.9. The van der Waals surface area contributed by atoms with Crippen LogP contribution in [0.2, 0.25) is 15.1 Å². The molecule has 0 aliphatic heterocycles. The van der Waals surface area contributed by atoms with Crippen LogP contribution in [-0.2, 0) is 19.6 Å². The Morgan fingerprint density at radius 1 is 1.08 bits per heavy atom. The molecule has 0 aromatic heterocycles. The molecular formula is C15H12Cl3NO4S. The van der Waals surface area contributed by atoms with Gasteiger partial charge in [-0.15, -0.1) is 0 Å². The summed E-state index contributed by atoms with van der Waals surface area (Å²) in [6.45, 7) is -0.554. The van der Waals surface area contributed by atoms with E-state index in [9.17, 15) is 13.2 Å². The van der Waals surface area contributed by atoms with Crippen LogP contribution in [0, 0.1) is 0 Å². The van der Waals surface area contributed by atoms with Gasteiger partial charge in [-0.25, -0.2) is 8.42 Å². The van der Waals surface area contributed by atoms with Crippen molar-refractivity contribution in [2.75, 3.05) is 18.0 Å². The van der Waals surface area contributed by atoms with Gasteiger partial charge in [0.2, 0.25) is 0 Å². The zero-order valence-electron chi connectivity index (χ0n) is 12.4. The molecule has 0 unspecified atom stereocenters. The summed E-state index contributed by atoms with van der Waals surface area (Å²) in [5.41, 5.74) is 0.0736. The summed E-state index contributed by atoms with van der Waals surface area (Å²) in [6, 6.07) is 10.0. The van der Waals surface area contributed by atoms with Gasteiger partial charge in [0.25, 0.3) is 10.0 Å². The number of carbonyl (C=O) groups excluding carboxylic acids is 1. The fourth-order valence-corrected chi connectivity index (χ4v) is 3.89. The second kappa shape index (κ2) is 7.61. The lowest BCUT2D eigenvalue weighted by Crippen LogP contribution is -2.36. The molecule has 0 bridgehead atoms. The summed E-state index contributed by atoms with van der Waals surface area (Å²) in [7, 11) is -2.92. The molecule has 5 nitrogen and oxygen atoms in total. The number of rotatable bonds is 5. The Balaban J connectivity index is 2.59. The minimum Gasteiger partial charge on any atom is -0.468 e. The monoisotopic (exact) mass is 407 g/mol. The number of esters is 1. The number of nitrogens with zero attached hydrogens (tertiary/aromatic N) is 1. The number of sulfonamides is 1. The lowest BCUT2D eigenvalue weighted by molar-refractivity contribution is -0.138. The van der Waals surface area contributed by atoms with Gasteiger partial charge in [0.1, 0.15) is 6.54 Å². The van der Waals surface area contributed by atoms with Gasteiger partial charge in [-0.3, -0.25) is 9.10 Å². The molecule has 0 atom stereocenters. The van der Waals surface area contributed by atoms with Crippen LogP contribution >= 0.6 is 34.8 Å². The molecule has 0 spiro atoms. The van der Waals surface area contributed by atoms with Gasteiger partial charge in [0.05, 0.1) is 27.7 Å². The average Bonchev–Trinajstić information content (AvgIpc) is 2.55. The van der Waals surface area contributed by atoms with Crippen molar-refractivity contribution in [1.82, 2.24) is 0 Å². The predicted octanol–water partition coefficient (Wildman–Crippen LogP) is 4.02. The molecule has 2 aromatic rings. The largest absolute Gasteiger partial charge is 0.468 e. The van der Waals surface area contributed by atoms with E-state index in [2.05, 4.69) is 4.74 Å². The number of methoxy groups -OCH3 is 1. The molecule has 0 fully saturated rings. The van der Waals surface area contributed by atoms with E-state index in [0.29, 0.717) is 5.02 Å². The Hall–Kier alpha value is -1.47. The lowest BCUT2D eigenvalue weighted by atomic mass is 10.3. The molecule has 0 heterocycles. The van der Waals surface area contributed by atoms with E-state index in [1.165, 1.54) is 42.5 Å². The van der Waals surface area contributed by atoms with Crippen LogP contribution in [0.15, 0.2) is 47.4 Å². The van der Waals surface area contributed by atoms with Crippen LogP contribution < -0.4 is 4.31 Å². The quantitative estimate of drug-likeness (QED) is 0.701. The lowest BCUT2D eigenvalue weighted by Gasteiger charge is -2.24. The van der Waals surface area contributed by atoms with Crippen molar-refractivity contribution in [2.45, 2.75) is 4.90 Å². The molecule has 0 aliphatic carbocycles. The number of carbonyl (C=O) groups is 1. The maximum atomic E-state index is 12.9. The Bertz CT molecular complexity index is 854. The molecule has 0 radical (unpaired) electrons. The fraction of sp³-hybridized carbons (Fsp3) is 0.133. The van der Waals surface area contributed by atoms with Gasteiger partial charge in [-0.05, 0) is 36.4 Å². The van der Waals surface area contributed by atoms with E-state index in [4.69, 9.17) is 34.8 Å². The standard InChI is InChI=1S/C15H12Cl3NO4S/c1-23-14(20)9-19(13-4-2-3-12(17)15(13)18)24(21,22)11-7-5-10(16)6-8-11/h2-8H,9H2,1H3. The van der Waals surface area contributed by atoms with E-state index in [-0.39, 0.29) is 20.6 Å². The van der Waals surface area contributed by atoms with Crippen LogP contribution in [0.25, 0.3) is 0 Å². The number of ether oxygens (including phenoxy) is 1. The molecule has 0 amide bonds. The SMILES string of the molecule is COC(=O)CN(c1cccc(Cl)c1Cl)S(=O)(=O)c1ccc(Cl)cc1. The first-order valence-corrected chi connectivity index (χ1v) is 9.14. The van der Waals surface area contributed by atoms with Gasteiger partial charge < -0.3 is 4.74 Å². The van der Waals surface area contributed by atoms with E-state index < -0.39 is 22.5 Å². The van der Waals surface area contributed by atoms with Gasteiger partial charge in [-0.1, -0.05) is 40.9 Å². The summed E-state index contributed by atoms with van der Waals surface area (Å²) in [6.07, 6.45) is 0. The molecule has 0 aliphatic rings. The molecule has 128 valence electrons. The Kier molecular flexibility index (Phi) is 5.98. The van der Waals surface area contributed by atoms with Crippen LogP contribution in [0.3, 0.4) is 0 Å². The molecule has 0 N–H and O–H groups in total. The van der Waals surface area contributed by atoms with Crippen molar-refractivity contribution >= 4 is 56.5 Å². The van der Waals surface area contributed by atoms with E-state index in [1.807, 2.05) is 0 Å². The van der Waals surface area contributed by atoms with Gasteiger partial charge >= 0.3 is 5.97 Å². The van der Waals surface area contributed by atoms with Crippen molar-refractivity contribution in [2.24, 2.45) is 0 Å². The van der Waals surface area contributed by atoms with Crippen LogP contribution in [0.5, 0.6) is 0 Å². The average molecular weight is 409 g/mol. The number of benzene rings is 2. The highest BCUT2D eigenvalue weighted by atomic mass is 35.5. The number of hydrogen-bond donors (Lipinski definition) is 0. The maximum Gasteiger partial charge on any atom is 0.326 e. The van der Waals surface area contributed by atoms with Crippen molar-refractivity contribution in [3.8, 4) is 0 Å².